The molecule has 10 heteroatoms. The minimum atomic E-state index is -0.895. The molecule has 2 unspecified atom stereocenters. The van der Waals surface area contributed by atoms with E-state index in [-0.39, 0.29) is 48.1 Å². The fraction of sp³-hybridized carbons (Fsp3) is 0.455. The van der Waals surface area contributed by atoms with E-state index in [9.17, 15) is 14.0 Å². The second-order valence-corrected chi connectivity index (χ2v) is 8.77. The van der Waals surface area contributed by atoms with Gasteiger partial charge in [-0.3, -0.25) is 19.2 Å². The third kappa shape index (κ3) is 5.76. The quantitative estimate of drug-likeness (QED) is 0.563. The number of aromatic nitrogens is 3. The maximum atomic E-state index is 14.6. The highest BCUT2D eigenvalue weighted by Crippen LogP contribution is 2.39. The van der Waals surface area contributed by atoms with Gasteiger partial charge in [0.05, 0.1) is 25.2 Å². The normalized spacial score (nSPS) is 21.2. The van der Waals surface area contributed by atoms with Crippen molar-refractivity contribution in [1.82, 2.24) is 19.9 Å². The molecule has 1 aromatic carbocycles. The van der Waals surface area contributed by atoms with Crippen LogP contribution < -0.4 is 0 Å². The minimum Gasteiger partial charge on any atom is -0.481 e. The molecule has 1 saturated carbocycles. The summed E-state index contributed by atoms with van der Waals surface area (Å²) in [6.45, 7) is 1.37. The number of nitrogens with zero attached hydrogens (tertiary/aromatic N) is 4. The predicted octanol–water partition coefficient (Wildman–Crippen LogP) is 3.42. The molecule has 1 saturated heterocycles. The summed E-state index contributed by atoms with van der Waals surface area (Å²) in [6, 6.07) is 5.90. The van der Waals surface area contributed by atoms with Gasteiger partial charge in [-0.2, -0.15) is 12.6 Å². The van der Waals surface area contributed by atoms with E-state index in [1.54, 1.807) is 24.4 Å². The molecule has 172 valence electrons. The molecule has 4 rings (SSSR count). The molecule has 1 aliphatic carbocycles. The number of thiol groups is 1. The van der Waals surface area contributed by atoms with Gasteiger partial charge >= 0.3 is 5.97 Å². The molecular weight excluding hydrogens is 455 g/mol. The Morgan fingerprint density at radius 3 is 2.72 bits per heavy atom. The van der Waals surface area contributed by atoms with Crippen LogP contribution in [0.3, 0.4) is 0 Å². The number of piperidine rings is 1. The van der Waals surface area contributed by atoms with Crippen molar-refractivity contribution in [3.8, 4) is 0 Å². The number of likely N-dealkylation sites (tertiary alicyclic amines) is 1. The van der Waals surface area contributed by atoms with Crippen LogP contribution in [-0.4, -0.2) is 55.1 Å². The fourth-order valence-electron chi connectivity index (χ4n) is 3.96. The van der Waals surface area contributed by atoms with Crippen LogP contribution in [0.2, 0.25) is 0 Å². The Morgan fingerprint density at radius 1 is 1.28 bits per heavy atom. The number of Topliss-reactive ketones (excluding diaryl/α,β-unsaturated/α-hetero) is 1. The molecule has 0 bridgehead atoms. The molecule has 2 fully saturated rings. The number of hydrogen-bond donors (Lipinski definition) is 2. The molecule has 2 atom stereocenters. The number of carbonyl (C=O) groups is 2. The molecule has 7 nitrogen and oxygen atoms in total. The van der Waals surface area contributed by atoms with Gasteiger partial charge in [0.2, 0.25) is 0 Å². The Bertz CT molecular complexity index is 1010. The summed E-state index contributed by atoms with van der Waals surface area (Å²) in [7, 11) is 0. The topological polar surface area (TPSA) is 88.3 Å². The third-order valence-corrected chi connectivity index (χ3v) is 6.35. The maximum Gasteiger partial charge on any atom is 0.305 e. The lowest BCUT2D eigenvalue weighted by Crippen LogP contribution is -2.42. The summed E-state index contributed by atoms with van der Waals surface area (Å²) in [4.78, 5) is 25.9. The van der Waals surface area contributed by atoms with Crippen molar-refractivity contribution in [2.45, 2.75) is 43.5 Å². The Morgan fingerprint density at radius 2 is 2.03 bits per heavy atom. The van der Waals surface area contributed by atoms with Gasteiger partial charge in [0, 0.05) is 29.8 Å². The van der Waals surface area contributed by atoms with Gasteiger partial charge in [-0.1, -0.05) is 23.4 Å². The van der Waals surface area contributed by atoms with E-state index in [2.05, 4.69) is 10.3 Å². The molecule has 0 radical (unpaired) electrons. The van der Waals surface area contributed by atoms with Gasteiger partial charge in [0.25, 0.3) is 0 Å². The second-order valence-electron chi connectivity index (χ2n) is 8.15. The number of carboxylic acids is 1. The van der Waals surface area contributed by atoms with Crippen LogP contribution in [0.4, 0.5) is 4.39 Å². The van der Waals surface area contributed by atoms with Gasteiger partial charge in [-0.25, -0.2) is 4.39 Å². The summed E-state index contributed by atoms with van der Waals surface area (Å²) in [6.07, 6.45) is 6.01. The molecule has 2 heterocycles. The number of aliphatic carboxylic acids is 1. The SMILES string of the molecule is Cl.O=C(O)CCn1cc(C=C2CN(C(C(=O)C3CC3)c3ccccc3F)CCC2S)nn1. The van der Waals surface area contributed by atoms with E-state index in [0.717, 1.165) is 24.8 Å². The molecule has 0 spiro atoms. The van der Waals surface area contributed by atoms with E-state index >= 15 is 0 Å². The van der Waals surface area contributed by atoms with Gasteiger partial charge in [0.15, 0.2) is 5.78 Å². The summed E-state index contributed by atoms with van der Waals surface area (Å²) < 4.78 is 16.1. The van der Waals surface area contributed by atoms with Crippen LogP contribution in [0.5, 0.6) is 0 Å². The first-order chi connectivity index (χ1) is 14.9. The van der Waals surface area contributed by atoms with Gasteiger partial charge in [0.1, 0.15) is 11.5 Å². The number of aryl methyl sites for hydroxylation is 1. The monoisotopic (exact) mass is 480 g/mol. The number of carboxylic acid groups (broad SMARTS) is 1. The molecule has 2 aliphatic rings. The van der Waals surface area contributed by atoms with Crippen LogP contribution in [0.15, 0.2) is 36.0 Å². The lowest BCUT2D eigenvalue weighted by atomic mass is 9.93. The molecule has 1 aromatic heterocycles. The molecule has 32 heavy (non-hydrogen) atoms. The number of ketones is 1. The zero-order valence-electron chi connectivity index (χ0n) is 17.4. The number of rotatable bonds is 8. The Hall–Kier alpha value is -2.23. The van der Waals surface area contributed by atoms with Gasteiger partial charge in [-0.15, -0.1) is 17.5 Å². The summed E-state index contributed by atoms with van der Waals surface area (Å²) in [5, 5.41) is 16.9. The van der Waals surface area contributed by atoms with Crippen molar-refractivity contribution >= 4 is 42.9 Å². The average molecular weight is 481 g/mol. The summed E-state index contributed by atoms with van der Waals surface area (Å²) in [5.74, 6) is -1.16. The van der Waals surface area contributed by atoms with Crippen molar-refractivity contribution in [3.05, 3.63) is 53.1 Å². The lowest BCUT2D eigenvalue weighted by Gasteiger charge is -2.37. The highest BCUT2D eigenvalue weighted by Gasteiger charge is 2.40. The standard InChI is InChI=1S/C22H25FN4O3S.ClH/c23-18-4-2-1-3-17(18)21(22(30)14-5-6-14)26-9-7-19(31)15(12-26)11-16-13-27(25-24-16)10-8-20(28)29;/h1-4,11,13-14,19,21,31H,5-10,12H2,(H,28,29);1H. The van der Waals surface area contributed by atoms with Crippen molar-refractivity contribution in [2.75, 3.05) is 13.1 Å². The fourth-order valence-corrected chi connectivity index (χ4v) is 4.23. The van der Waals surface area contributed by atoms with Gasteiger partial charge in [-0.05, 0) is 37.0 Å². The van der Waals surface area contributed by atoms with E-state index in [1.165, 1.54) is 10.7 Å². The first-order valence-electron chi connectivity index (χ1n) is 10.4. The highest BCUT2D eigenvalue weighted by molar-refractivity contribution is 7.81. The van der Waals surface area contributed by atoms with Crippen LogP contribution >= 0.6 is 25.0 Å². The highest BCUT2D eigenvalue weighted by atomic mass is 35.5. The first kappa shape index (κ1) is 24.4. The van der Waals surface area contributed by atoms with Crippen molar-refractivity contribution < 1.29 is 19.1 Å². The zero-order valence-corrected chi connectivity index (χ0v) is 19.1. The van der Waals surface area contributed by atoms with Crippen molar-refractivity contribution in [1.29, 1.82) is 0 Å². The van der Waals surface area contributed by atoms with Crippen LogP contribution in [0.25, 0.3) is 6.08 Å². The zero-order chi connectivity index (χ0) is 22.0. The van der Waals surface area contributed by atoms with Crippen LogP contribution in [-0.2, 0) is 16.1 Å². The molecule has 1 aliphatic heterocycles. The first-order valence-corrected chi connectivity index (χ1v) is 11.0. The lowest BCUT2D eigenvalue weighted by molar-refractivity contribution is -0.137. The Balaban J connectivity index is 0.00000289. The van der Waals surface area contributed by atoms with E-state index in [1.807, 2.05) is 11.0 Å². The molecule has 1 N–H and O–H groups in total. The van der Waals surface area contributed by atoms with E-state index in [0.29, 0.717) is 24.3 Å². The third-order valence-electron chi connectivity index (χ3n) is 5.76. The van der Waals surface area contributed by atoms with Crippen molar-refractivity contribution in [2.24, 2.45) is 5.92 Å². The van der Waals surface area contributed by atoms with Crippen LogP contribution in [0, 0.1) is 11.7 Å². The van der Waals surface area contributed by atoms with E-state index < -0.39 is 12.0 Å². The number of halogens is 2. The Kier molecular flexibility index (Phi) is 8.08. The Labute approximate surface area is 197 Å². The minimum absolute atomic E-state index is 0. The molecule has 2 aromatic rings. The van der Waals surface area contributed by atoms with Crippen molar-refractivity contribution in [3.63, 3.8) is 0 Å². The maximum absolute atomic E-state index is 14.6. The number of hydrogen-bond acceptors (Lipinski definition) is 6. The number of carbonyl (C=O) groups excluding carboxylic acids is 1. The number of benzene rings is 1. The summed E-state index contributed by atoms with van der Waals surface area (Å²) >= 11 is 4.70. The van der Waals surface area contributed by atoms with E-state index in [4.69, 9.17) is 17.7 Å². The predicted molar refractivity (Wildman–Crippen MR) is 123 cm³/mol. The summed E-state index contributed by atoms with van der Waals surface area (Å²) in [5.41, 5.74) is 2.01. The second kappa shape index (κ2) is 10.6. The molecule has 0 amide bonds. The van der Waals surface area contributed by atoms with Crippen LogP contribution in [0.1, 0.15) is 43.0 Å². The largest absolute Gasteiger partial charge is 0.481 e. The average Bonchev–Trinajstić information content (AvgIpc) is 3.50. The van der Waals surface area contributed by atoms with Gasteiger partial charge < -0.3 is 5.11 Å². The smallest absolute Gasteiger partial charge is 0.305 e. The molecular formula is C22H26ClFN4O3S.